The maximum atomic E-state index is 4.39. The lowest BCUT2D eigenvalue weighted by atomic mass is 10.0. The number of nitrogens with zero attached hydrogens (tertiary/aromatic N) is 2. The van der Waals surface area contributed by atoms with E-state index in [1.54, 1.807) is 0 Å². The predicted octanol–water partition coefficient (Wildman–Crippen LogP) is 4.07. The average molecular weight is 492 g/mol. The van der Waals surface area contributed by atoms with E-state index in [2.05, 4.69) is 81.2 Å². The molecule has 5 heteroatoms. The third kappa shape index (κ3) is 7.80. The first-order valence-electron chi connectivity index (χ1n) is 10.1. The van der Waals surface area contributed by atoms with Crippen molar-refractivity contribution >= 4 is 29.9 Å². The summed E-state index contributed by atoms with van der Waals surface area (Å²) in [7, 11) is 1.86. The van der Waals surface area contributed by atoms with E-state index in [9.17, 15) is 0 Å². The number of piperidine rings is 1. The summed E-state index contributed by atoms with van der Waals surface area (Å²) in [4.78, 5) is 6.94. The van der Waals surface area contributed by atoms with Crippen molar-refractivity contribution in [2.24, 2.45) is 4.99 Å². The molecule has 2 aromatic rings. The molecule has 0 unspecified atom stereocenters. The van der Waals surface area contributed by atoms with Crippen molar-refractivity contribution < 1.29 is 0 Å². The summed E-state index contributed by atoms with van der Waals surface area (Å²) in [6.45, 7) is 4.27. The van der Waals surface area contributed by atoms with E-state index in [0.29, 0.717) is 6.04 Å². The van der Waals surface area contributed by atoms with Crippen LogP contribution in [-0.4, -0.2) is 43.6 Å². The van der Waals surface area contributed by atoms with Crippen LogP contribution in [0.15, 0.2) is 65.7 Å². The van der Waals surface area contributed by atoms with Gasteiger partial charge in [0.25, 0.3) is 0 Å². The maximum Gasteiger partial charge on any atom is 0.191 e. The molecule has 1 saturated heterocycles. The number of benzene rings is 2. The van der Waals surface area contributed by atoms with Crippen LogP contribution in [-0.2, 0) is 13.0 Å². The number of guanidine groups is 1. The Balaban J connectivity index is 0.00000280. The molecule has 1 heterocycles. The second-order valence-electron chi connectivity index (χ2n) is 7.27. The van der Waals surface area contributed by atoms with Gasteiger partial charge in [-0.3, -0.25) is 9.89 Å². The van der Waals surface area contributed by atoms with Gasteiger partial charge in [0.2, 0.25) is 0 Å². The molecule has 28 heavy (non-hydrogen) atoms. The van der Waals surface area contributed by atoms with Gasteiger partial charge in [0, 0.05) is 39.3 Å². The number of likely N-dealkylation sites (tertiary alicyclic amines) is 1. The fourth-order valence-corrected chi connectivity index (χ4v) is 3.61. The van der Waals surface area contributed by atoms with E-state index in [1.165, 1.54) is 11.1 Å². The minimum atomic E-state index is 0. The van der Waals surface area contributed by atoms with Crippen molar-refractivity contribution in [3.63, 3.8) is 0 Å². The highest BCUT2D eigenvalue weighted by Gasteiger charge is 2.19. The zero-order chi connectivity index (χ0) is 18.7. The van der Waals surface area contributed by atoms with Crippen molar-refractivity contribution in [3.05, 3.63) is 71.8 Å². The molecule has 0 amide bonds. The van der Waals surface area contributed by atoms with Gasteiger partial charge in [-0.15, -0.1) is 24.0 Å². The molecule has 0 aliphatic carbocycles. The average Bonchev–Trinajstić information content (AvgIpc) is 2.73. The van der Waals surface area contributed by atoms with Crippen LogP contribution in [0.1, 0.15) is 30.4 Å². The SMILES string of the molecule is CN=C(NCCCc1ccccc1)NC1CCN(Cc2ccccc2)CC1.I. The molecule has 2 aromatic carbocycles. The molecular weight excluding hydrogens is 459 g/mol. The largest absolute Gasteiger partial charge is 0.356 e. The number of nitrogens with one attached hydrogen (secondary N) is 2. The highest BCUT2D eigenvalue weighted by molar-refractivity contribution is 14.0. The fourth-order valence-electron chi connectivity index (χ4n) is 3.61. The molecule has 0 saturated carbocycles. The second-order valence-corrected chi connectivity index (χ2v) is 7.27. The summed E-state index contributed by atoms with van der Waals surface area (Å²) in [5.74, 6) is 0.935. The van der Waals surface area contributed by atoms with Crippen LogP contribution in [0.3, 0.4) is 0 Å². The Hall–Kier alpha value is -1.60. The standard InChI is InChI=1S/C23H32N4.HI/c1-24-23(25-16-8-13-20-9-4-2-5-10-20)26-22-14-17-27(18-15-22)19-21-11-6-3-7-12-21;/h2-7,9-12,22H,8,13-19H2,1H3,(H2,24,25,26);1H. The number of aliphatic imine (C=N–C) groups is 1. The molecule has 1 fully saturated rings. The monoisotopic (exact) mass is 492 g/mol. The van der Waals surface area contributed by atoms with Crippen LogP contribution in [0.2, 0.25) is 0 Å². The first kappa shape index (κ1) is 22.7. The topological polar surface area (TPSA) is 39.7 Å². The molecule has 0 spiro atoms. The first-order chi connectivity index (χ1) is 13.3. The van der Waals surface area contributed by atoms with Gasteiger partial charge in [-0.1, -0.05) is 60.7 Å². The Kier molecular flexibility index (Phi) is 10.4. The fraction of sp³-hybridized carbons (Fsp3) is 0.435. The Labute approximate surface area is 186 Å². The van der Waals surface area contributed by atoms with E-state index in [1.807, 2.05) is 7.05 Å². The Morgan fingerprint density at radius 3 is 2.18 bits per heavy atom. The summed E-state index contributed by atoms with van der Waals surface area (Å²) in [5, 5.41) is 7.06. The zero-order valence-electron chi connectivity index (χ0n) is 16.8. The molecular formula is C23H33IN4. The number of hydrogen-bond donors (Lipinski definition) is 2. The lowest BCUT2D eigenvalue weighted by molar-refractivity contribution is 0.198. The third-order valence-electron chi connectivity index (χ3n) is 5.18. The van der Waals surface area contributed by atoms with Crippen LogP contribution in [0.4, 0.5) is 0 Å². The van der Waals surface area contributed by atoms with E-state index >= 15 is 0 Å². The van der Waals surface area contributed by atoms with Crippen molar-refractivity contribution in [2.75, 3.05) is 26.7 Å². The van der Waals surface area contributed by atoms with Crippen LogP contribution >= 0.6 is 24.0 Å². The van der Waals surface area contributed by atoms with Gasteiger partial charge in [-0.05, 0) is 36.8 Å². The molecule has 2 N–H and O–H groups in total. The van der Waals surface area contributed by atoms with Crippen molar-refractivity contribution in [2.45, 2.75) is 38.3 Å². The van der Waals surface area contributed by atoms with E-state index < -0.39 is 0 Å². The number of hydrogen-bond acceptors (Lipinski definition) is 2. The minimum absolute atomic E-state index is 0. The summed E-state index contributed by atoms with van der Waals surface area (Å²) in [6.07, 6.45) is 4.54. The van der Waals surface area contributed by atoms with E-state index in [4.69, 9.17) is 0 Å². The summed E-state index contributed by atoms with van der Waals surface area (Å²) in [6, 6.07) is 21.9. The molecule has 1 aliphatic rings. The molecule has 0 atom stereocenters. The predicted molar refractivity (Wildman–Crippen MR) is 129 cm³/mol. The van der Waals surface area contributed by atoms with E-state index in [-0.39, 0.29) is 24.0 Å². The zero-order valence-corrected chi connectivity index (χ0v) is 19.1. The van der Waals surface area contributed by atoms with Gasteiger partial charge >= 0.3 is 0 Å². The Bertz CT molecular complexity index is 682. The van der Waals surface area contributed by atoms with Crippen LogP contribution in [0.25, 0.3) is 0 Å². The quantitative estimate of drug-likeness (QED) is 0.265. The molecule has 3 rings (SSSR count). The number of aryl methyl sites for hydroxylation is 1. The second kappa shape index (κ2) is 12.8. The van der Waals surface area contributed by atoms with Gasteiger partial charge in [0.1, 0.15) is 0 Å². The van der Waals surface area contributed by atoms with E-state index in [0.717, 1.165) is 57.8 Å². The number of rotatable bonds is 7. The normalized spacial score (nSPS) is 15.7. The van der Waals surface area contributed by atoms with Crippen molar-refractivity contribution in [1.29, 1.82) is 0 Å². The highest BCUT2D eigenvalue weighted by atomic mass is 127. The highest BCUT2D eigenvalue weighted by Crippen LogP contribution is 2.13. The van der Waals surface area contributed by atoms with Gasteiger partial charge in [-0.25, -0.2) is 0 Å². The van der Waals surface area contributed by atoms with Gasteiger partial charge < -0.3 is 10.6 Å². The lowest BCUT2D eigenvalue weighted by Gasteiger charge is -2.33. The smallest absolute Gasteiger partial charge is 0.191 e. The van der Waals surface area contributed by atoms with Gasteiger partial charge in [-0.2, -0.15) is 0 Å². The van der Waals surface area contributed by atoms with Crippen LogP contribution in [0, 0.1) is 0 Å². The van der Waals surface area contributed by atoms with Crippen LogP contribution < -0.4 is 10.6 Å². The summed E-state index contributed by atoms with van der Waals surface area (Å²) in [5.41, 5.74) is 2.80. The van der Waals surface area contributed by atoms with Gasteiger partial charge in [0.15, 0.2) is 5.96 Å². The van der Waals surface area contributed by atoms with Crippen molar-refractivity contribution in [1.82, 2.24) is 15.5 Å². The lowest BCUT2D eigenvalue weighted by Crippen LogP contribution is -2.48. The number of halogens is 1. The maximum absolute atomic E-state index is 4.39. The Morgan fingerprint density at radius 1 is 0.964 bits per heavy atom. The third-order valence-corrected chi connectivity index (χ3v) is 5.18. The van der Waals surface area contributed by atoms with Crippen LogP contribution in [0.5, 0.6) is 0 Å². The molecule has 4 nitrogen and oxygen atoms in total. The summed E-state index contributed by atoms with van der Waals surface area (Å²) < 4.78 is 0. The molecule has 0 radical (unpaired) electrons. The Morgan fingerprint density at radius 2 is 1.57 bits per heavy atom. The molecule has 1 aliphatic heterocycles. The summed E-state index contributed by atoms with van der Waals surface area (Å²) >= 11 is 0. The van der Waals surface area contributed by atoms with Crippen molar-refractivity contribution in [3.8, 4) is 0 Å². The molecule has 0 bridgehead atoms. The molecule has 0 aromatic heterocycles. The molecule has 152 valence electrons. The van der Waals surface area contributed by atoms with Gasteiger partial charge in [0.05, 0.1) is 0 Å². The first-order valence-corrected chi connectivity index (χ1v) is 10.1. The minimum Gasteiger partial charge on any atom is -0.356 e.